The summed E-state index contributed by atoms with van der Waals surface area (Å²) >= 11 is 0. The van der Waals surface area contributed by atoms with Crippen molar-refractivity contribution in [1.82, 2.24) is 4.90 Å². The van der Waals surface area contributed by atoms with Crippen LogP contribution in [0.5, 0.6) is 0 Å². The van der Waals surface area contributed by atoms with Gasteiger partial charge in [-0.15, -0.1) is 0 Å². The number of amides is 1. The zero-order chi connectivity index (χ0) is 34.0. The molecular formula is C28H53N7O11. The smallest absolute Gasteiger partial charge is 0.308 e. The summed E-state index contributed by atoms with van der Waals surface area (Å²) in [7, 11) is 0. The van der Waals surface area contributed by atoms with Gasteiger partial charge < -0.3 is 47.5 Å². The van der Waals surface area contributed by atoms with E-state index >= 15 is 0 Å². The van der Waals surface area contributed by atoms with Crippen molar-refractivity contribution in [2.45, 2.75) is 39.2 Å². The molecule has 0 unspecified atom stereocenters. The molecule has 0 aliphatic rings. The highest BCUT2D eigenvalue weighted by Gasteiger charge is 2.16. The van der Waals surface area contributed by atoms with E-state index in [2.05, 4.69) is 20.1 Å². The Kier molecular flexibility index (Phi) is 30.3. The lowest BCUT2D eigenvalue weighted by atomic mass is 10.2. The lowest BCUT2D eigenvalue weighted by Gasteiger charge is -2.23. The highest BCUT2D eigenvalue weighted by atomic mass is 16.6. The van der Waals surface area contributed by atoms with Crippen LogP contribution < -0.4 is 0 Å². The maximum Gasteiger partial charge on any atom is 0.308 e. The average molecular weight is 664 g/mol. The Bertz CT molecular complexity index is 812. The van der Waals surface area contributed by atoms with Gasteiger partial charge in [0.1, 0.15) is 5.60 Å². The molecule has 0 bridgehead atoms. The number of ether oxygens (including phenoxy) is 9. The molecule has 0 aromatic heterocycles. The highest BCUT2D eigenvalue weighted by molar-refractivity contribution is 5.76. The zero-order valence-electron chi connectivity index (χ0n) is 27.7. The van der Waals surface area contributed by atoms with E-state index in [0.29, 0.717) is 106 Å². The van der Waals surface area contributed by atoms with Gasteiger partial charge in [-0.2, -0.15) is 0 Å². The van der Waals surface area contributed by atoms with E-state index < -0.39 is 5.60 Å². The van der Waals surface area contributed by atoms with Crippen molar-refractivity contribution in [2.75, 3.05) is 132 Å². The van der Waals surface area contributed by atoms with Gasteiger partial charge in [0.05, 0.1) is 119 Å². The molecular weight excluding hydrogens is 610 g/mol. The molecule has 18 nitrogen and oxygen atoms in total. The minimum Gasteiger partial charge on any atom is -0.460 e. The minimum absolute atomic E-state index is 0.0960. The van der Waals surface area contributed by atoms with Gasteiger partial charge in [-0.3, -0.25) is 9.59 Å². The summed E-state index contributed by atoms with van der Waals surface area (Å²) in [6.45, 7) is 12.2. The summed E-state index contributed by atoms with van der Waals surface area (Å²) < 4.78 is 48.8. The molecule has 0 saturated heterocycles. The van der Waals surface area contributed by atoms with E-state index in [1.54, 1.807) is 4.90 Å². The summed E-state index contributed by atoms with van der Waals surface area (Å²) in [5, 5.41) is 6.76. The van der Waals surface area contributed by atoms with E-state index in [1.165, 1.54) is 0 Å². The number of hydrogen-bond donors (Lipinski definition) is 0. The van der Waals surface area contributed by atoms with Crippen molar-refractivity contribution < 1.29 is 52.2 Å². The number of azide groups is 2. The lowest BCUT2D eigenvalue weighted by molar-refractivity contribution is -0.156. The summed E-state index contributed by atoms with van der Waals surface area (Å²) in [6.07, 6.45) is 0.347. The first-order valence-corrected chi connectivity index (χ1v) is 15.4. The van der Waals surface area contributed by atoms with E-state index in [9.17, 15) is 9.59 Å². The van der Waals surface area contributed by atoms with Crippen molar-refractivity contribution in [3.8, 4) is 0 Å². The SMILES string of the molecule is CC(C)(C)OC(=O)CCOCCOCCC(=O)N(CCOCCOCCOCCN=[N+]=[N-])CCOCCOCCOCCN=[N+]=[N-]. The van der Waals surface area contributed by atoms with Crippen LogP contribution in [0, 0.1) is 0 Å². The predicted molar refractivity (Wildman–Crippen MR) is 166 cm³/mol. The van der Waals surface area contributed by atoms with E-state index in [1.807, 2.05) is 20.8 Å². The summed E-state index contributed by atoms with van der Waals surface area (Å²) in [4.78, 5) is 31.5. The van der Waals surface area contributed by atoms with Gasteiger partial charge in [0.15, 0.2) is 0 Å². The molecule has 0 fully saturated rings. The Morgan fingerprint density at radius 3 is 1.28 bits per heavy atom. The molecule has 46 heavy (non-hydrogen) atoms. The molecule has 0 N–H and O–H groups in total. The van der Waals surface area contributed by atoms with Crippen molar-refractivity contribution >= 4 is 11.9 Å². The largest absolute Gasteiger partial charge is 0.460 e. The fraction of sp³-hybridized carbons (Fsp3) is 0.929. The topological polar surface area (TPSA) is 218 Å². The van der Waals surface area contributed by atoms with Gasteiger partial charge in [0.25, 0.3) is 0 Å². The van der Waals surface area contributed by atoms with Gasteiger partial charge >= 0.3 is 5.97 Å². The van der Waals surface area contributed by atoms with Gasteiger partial charge in [0.2, 0.25) is 5.91 Å². The molecule has 0 heterocycles. The van der Waals surface area contributed by atoms with Crippen LogP contribution in [0.15, 0.2) is 10.2 Å². The summed E-state index contributed by atoms with van der Waals surface area (Å²) in [5.41, 5.74) is 15.9. The van der Waals surface area contributed by atoms with Crippen LogP contribution in [0.2, 0.25) is 0 Å². The second kappa shape index (κ2) is 32.2. The molecule has 0 atom stereocenters. The van der Waals surface area contributed by atoms with Crippen LogP contribution in [0.3, 0.4) is 0 Å². The first-order chi connectivity index (χ1) is 22.3. The van der Waals surface area contributed by atoms with Crippen LogP contribution in [-0.4, -0.2) is 154 Å². The lowest BCUT2D eigenvalue weighted by Crippen LogP contribution is -2.37. The van der Waals surface area contributed by atoms with Crippen LogP contribution in [0.25, 0.3) is 20.9 Å². The van der Waals surface area contributed by atoms with Crippen LogP contribution in [0.4, 0.5) is 0 Å². The first kappa shape index (κ1) is 43.2. The number of esters is 1. The van der Waals surface area contributed by atoms with Gasteiger partial charge in [-0.1, -0.05) is 10.2 Å². The Labute approximate surface area is 271 Å². The highest BCUT2D eigenvalue weighted by Crippen LogP contribution is 2.08. The molecule has 0 aromatic carbocycles. The minimum atomic E-state index is -0.527. The summed E-state index contributed by atoms with van der Waals surface area (Å²) in [6, 6.07) is 0. The Balaban J connectivity index is 4.20. The van der Waals surface area contributed by atoms with E-state index in [4.69, 9.17) is 53.7 Å². The second-order valence-corrected chi connectivity index (χ2v) is 10.3. The number of hydrogen-bond acceptors (Lipinski definition) is 13. The maximum atomic E-state index is 12.9. The Morgan fingerprint density at radius 1 is 0.543 bits per heavy atom. The third-order valence-electron chi connectivity index (χ3n) is 5.35. The van der Waals surface area contributed by atoms with Crippen molar-refractivity contribution in [1.29, 1.82) is 0 Å². The molecule has 0 rings (SSSR count). The number of rotatable bonds is 33. The molecule has 0 aromatic rings. The Morgan fingerprint density at radius 2 is 0.891 bits per heavy atom. The molecule has 1 amide bonds. The molecule has 0 aliphatic heterocycles. The maximum absolute atomic E-state index is 12.9. The fourth-order valence-corrected chi connectivity index (χ4v) is 3.28. The van der Waals surface area contributed by atoms with Gasteiger partial charge in [-0.05, 0) is 31.8 Å². The number of carbonyl (C=O) groups excluding carboxylic acids is 2. The van der Waals surface area contributed by atoms with Crippen LogP contribution >= 0.6 is 0 Å². The quantitative estimate of drug-likeness (QED) is 0.0327. The van der Waals surface area contributed by atoms with Crippen molar-refractivity contribution in [2.24, 2.45) is 10.2 Å². The van der Waals surface area contributed by atoms with Crippen molar-refractivity contribution in [3.63, 3.8) is 0 Å². The van der Waals surface area contributed by atoms with Crippen LogP contribution in [0.1, 0.15) is 33.6 Å². The standard InChI is InChI=1S/C28H53N7O11/c1-28(2,3)46-27(37)5-11-39-17-16-38-10-4-26(36)35(8-14-42-20-24-44-22-18-40-12-6-31-33-29)9-15-43-21-25-45-23-19-41-13-7-32-34-30/h4-25H2,1-3H3. The van der Waals surface area contributed by atoms with E-state index in [0.717, 1.165) is 0 Å². The molecule has 266 valence electrons. The summed E-state index contributed by atoms with van der Waals surface area (Å²) in [5.74, 6) is -0.414. The normalized spacial score (nSPS) is 11.1. The fourth-order valence-electron chi connectivity index (χ4n) is 3.28. The number of carbonyl (C=O) groups is 2. The van der Waals surface area contributed by atoms with Crippen molar-refractivity contribution in [3.05, 3.63) is 20.9 Å². The number of nitrogens with zero attached hydrogens (tertiary/aromatic N) is 7. The molecule has 0 spiro atoms. The molecule has 0 radical (unpaired) electrons. The Hall–Kier alpha value is -2.76. The third-order valence-corrected chi connectivity index (χ3v) is 5.35. The second-order valence-electron chi connectivity index (χ2n) is 10.3. The molecule has 18 heteroatoms. The average Bonchev–Trinajstić information content (AvgIpc) is 3.01. The monoisotopic (exact) mass is 663 g/mol. The third kappa shape index (κ3) is 32.6. The zero-order valence-corrected chi connectivity index (χ0v) is 27.7. The molecule has 0 saturated carbocycles. The van der Waals surface area contributed by atoms with E-state index in [-0.39, 0.29) is 51.0 Å². The van der Waals surface area contributed by atoms with Gasteiger partial charge in [0, 0.05) is 36.0 Å². The first-order valence-electron chi connectivity index (χ1n) is 15.4. The molecule has 0 aliphatic carbocycles. The van der Waals surface area contributed by atoms with Gasteiger partial charge in [-0.25, -0.2) is 0 Å². The predicted octanol–water partition coefficient (Wildman–Crippen LogP) is 2.69. The van der Waals surface area contributed by atoms with Crippen LogP contribution in [-0.2, 0) is 52.2 Å².